The molecule has 0 aliphatic carbocycles. The van der Waals surface area contributed by atoms with Crippen LogP contribution in [-0.4, -0.2) is 22.5 Å². The van der Waals surface area contributed by atoms with Crippen molar-refractivity contribution in [2.24, 2.45) is 0 Å². The third kappa shape index (κ3) is 3.38. The molecule has 0 bridgehead atoms. The Morgan fingerprint density at radius 1 is 1.71 bits per heavy atom. The van der Waals surface area contributed by atoms with E-state index in [1.54, 1.807) is 6.92 Å². The van der Waals surface area contributed by atoms with Crippen LogP contribution in [0, 0.1) is 0 Å². The zero-order chi connectivity index (χ0) is 9.84. The average molecular weight is 221 g/mol. The van der Waals surface area contributed by atoms with E-state index in [1.807, 2.05) is 0 Å². The van der Waals surface area contributed by atoms with Gasteiger partial charge in [-0.1, -0.05) is 0 Å². The minimum absolute atomic E-state index is 0. The van der Waals surface area contributed by atoms with Crippen molar-refractivity contribution in [2.75, 3.05) is 12.3 Å². The number of anilines is 1. The second-order valence-electron chi connectivity index (χ2n) is 2.17. The van der Waals surface area contributed by atoms with Crippen molar-refractivity contribution in [2.45, 2.75) is 12.1 Å². The number of nitrogens with zero attached hydrogens (tertiary/aromatic N) is 2. The van der Waals surface area contributed by atoms with Gasteiger partial charge in [0.05, 0.1) is 6.61 Å². The van der Waals surface area contributed by atoms with Crippen LogP contribution in [0.15, 0.2) is 11.4 Å². The predicted octanol–water partition coefficient (Wildman–Crippen LogP) is -2.85. The van der Waals surface area contributed by atoms with Crippen molar-refractivity contribution < 1.29 is 39.1 Å². The third-order valence-corrected chi connectivity index (χ3v) is 1.49. The van der Waals surface area contributed by atoms with Crippen molar-refractivity contribution in [3.63, 3.8) is 0 Å². The summed E-state index contributed by atoms with van der Waals surface area (Å²) in [5, 5.41) is 0.116. The number of nitrogen functional groups attached to an aromatic ring is 1. The maximum atomic E-state index is 11.2. The number of rotatable bonds is 2. The van der Waals surface area contributed by atoms with E-state index in [9.17, 15) is 4.79 Å². The molecule has 0 unspecified atom stereocenters. The first-order valence-corrected chi connectivity index (χ1v) is 4.02. The number of aromatic nitrogens is 2. The third-order valence-electron chi connectivity index (χ3n) is 1.29. The van der Waals surface area contributed by atoms with Crippen LogP contribution in [0.4, 0.5) is 5.82 Å². The monoisotopic (exact) mass is 221 g/mol. The van der Waals surface area contributed by atoms with E-state index in [0.29, 0.717) is 0 Å². The Labute approximate surface area is 109 Å². The summed E-state index contributed by atoms with van der Waals surface area (Å²) in [4.78, 5) is 18.5. The molecule has 1 aromatic rings. The summed E-state index contributed by atoms with van der Waals surface area (Å²) in [5.74, 6) is -0.478. The van der Waals surface area contributed by atoms with Crippen LogP contribution < -0.4 is 35.3 Å². The molecule has 1 rings (SSSR count). The zero-order valence-electron chi connectivity index (χ0n) is 7.98. The number of carbonyl (C=O) groups is 1. The van der Waals surface area contributed by atoms with E-state index in [2.05, 4.69) is 22.6 Å². The summed E-state index contributed by atoms with van der Waals surface area (Å²) in [5.41, 5.74) is 5.58. The van der Waals surface area contributed by atoms with E-state index in [0.717, 1.165) is 0 Å². The van der Waals surface area contributed by atoms with Crippen LogP contribution in [0.2, 0.25) is 0 Å². The van der Waals surface area contributed by atoms with Crippen LogP contribution in [0.1, 0.15) is 17.3 Å². The molecule has 0 saturated carbocycles. The van der Waals surface area contributed by atoms with Crippen LogP contribution in [0.25, 0.3) is 0 Å². The Hall–Kier alpha value is -0.430. The first kappa shape index (κ1) is 13.6. The van der Waals surface area contributed by atoms with Gasteiger partial charge in [-0.3, -0.25) is 4.98 Å². The number of hydrogen-bond donors (Lipinski definition) is 1. The van der Waals surface area contributed by atoms with E-state index in [1.165, 1.54) is 6.20 Å². The molecule has 0 aromatic carbocycles. The predicted molar refractivity (Wildman–Crippen MR) is 48.0 cm³/mol. The van der Waals surface area contributed by atoms with E-state index in [-0.39, 0.29) is 52.7 Å². The molecule has 2 N–H and O–H groups in total. The Morgan fingerprint density at radius 2 is 2.36 bits per heavy atom. The molecule has 7 heteroatoms. The fourth-order valence-corrected chi connectivity index (χ4v) is 0.895. The molecule has 0 fully saturated rings. The number of carbonyl (C=O) groups excluding carboxylic acids is 1. The van der Waals surface area contributed by atoms with Crippen LogP contribution in [0.3, 0.4) is 0 Å². The van der Waals surface area contributed by atoms with Gasteiger partial charge < -0.3 is 23.1 Å². The van der Waals surface area contributed by atoms with Gasteiger partial charge in [-0.25, -0.2) is 9.78 Å². The van der Waals surface area contributed by atoms with Gasteiger partial charge in [-0.05, 0) is 6.92 Å². The van der Waals surface area contributed by atoms with Gasteiger partial charge in [-0.2, -0.15) is 0 Å². The molecule has 0 aliphatic heterocycles. The Morgan fingerprint density at radius 3 is 2.86 bits per heavy atom. The summed E-state index contributed by atoms with van der Waals surface area (Å²) in [7, 11) is 0. The SMILES string of the molecule is CCOC(=O)c1cnc([S-])nc1N.[Na+]. The maximum Gasteiger partial charge on any atom is 1.00 e. The molecule has 1 heterocycles. The molecular weight excluding hydrogens is 213 g/mol. The molecule has 70 valence electrons. The number of ether oxygens (including phenoxy) is 1. The van der Waals surface area contributed by atoms with Gasteiger partial charge in [0.2, 0.25) is 0 Å². The normalized spacial score (nSPS) is 8.93. The Kier molecular flexibility index (Phi) is 5.94. The minimum Gasteiger partial charge on any atom is -0.740 e. The first-order valence-electron chi connectivity index (χ1n) is 3.61. The number of esters is 1. The first-order chi connectivity index (χ1) is 6.15. The molecular formula is C7H8N3NaO2S. The van der Waals surface area contributed by atoms with Gasteiger partial charge in [-0.15, -0.1) is 0 Å². The molecule has 14 heavy (non-hydrogen) atoms. The molecule has 0 atom stereocenters. The Bertz CT molecular complexity index is 335. The van der Waals surface area contributed by atoms with Crippen LogP contribution >= 0.6 is 0 Å². The standard InChI is InChI=1S/C7H9N3O2S.Na/c1-2-12-6(11)4-3-9-7(13)10-5(4)8;/h3H,2H2,1H3,(H3,8,9,10,13);/q;+1/p-1. The fourth-order valence-electron chi connectivity index (χ4n) is 0.744. The topological polar surface area (TPSA) is 78.1 Å². The second-order valence-corrected chi connectivity index (χ2v) is 2.54. The van der Waals surface area contributed by atoms with E-state index >= 15 is 0 Å². The van der Waals surface area contributed by atoms with E-state index < -0.39 is 5.97 Å². The molecule has 0 radical (unpaired) electrons. The summed E-state index contributed by atoms with van der Waals surface area (Å²) in [6, 6.07) is 0. The van der Waals surface area contributed by atoms with Crippen molar-refractivity contribution in [3.05, 3.63) is 11.8 Å². The molecule has 0 saturated heterocycles. The van der Waals surface area contributed by atoms with E-state index in [4.69, 9.17) is 10.5 Å². The minimum atomic E-state index is -0.532. The zero-order valence-corrected chi connectivity index (χ0v) is 10.8. The van der Waals surface area contributed by atoms with Gasteiger partial charge in [0.1, 0.15) is 11.4 Å². The molecule has 0 aliphatic rings. The summed E-state index contributed by atoms with van der Waals surface area (Å²) >= 11 is 4.66. The van der Waals surface area contributed by atoms with Crippen LogP contribution in [0.5, 0.6) is 0 Å². The van der Waals surface area contributed by atoms with Crippen molar-refractivity contribution in [1.82, 2.24) is 9.97 Å². The molecule has 1 aromatic heterocycles. The van der Waals surface area contributed by atoms with Gasteiger partial charge >= 0.3 is 35.5 Å². The molecule has 5 nitrogen and oxygen atoms in total. The van der Waals surface area contributed by atoms with Crippen LogP contribution in [-0.2, 0) is 17.4 Å². The maximum absolute atomic E-state index is 11.2. The largest absolute Gasteiger partial charge is 1.00 e. The van der Waals surface area contributed by atoms with Crippen molar-refractivity contribution >= 4 is 24.4 Å². The smallest absolute Gasteiger partial charge is 0.740 e. The summed E-state index contributed by atoms with van der Waals surface area (Å²) < 4.78 is 4.72. The second kappa shape index (κ2) is 6.13. The molecule has 0 spiro atoms. The van der Waals surface area contributed by atoms with Crippen molar-refractivity contribution in [1.29, 1.82) is 0 Å². The van der Waals surface area contributed by atoms with Gasteiger partial charge in [0.25, 0.3) is 0 Å². The summed E-state index contributed by atoms with van der Waals surface area (Å²) in [6.07, 6.45) is 1.27. The summed E-state index contributed by atoms with van der Waals surface area (Å²) in [6.45, 7) is 1.99. The van der Waals surface area contributed by atoms with Gasteiger partial charge in [0, 0.05) is 11.4 Å². The van der Waals surface area contributed by atoms with Crippen molar-refractivity contribution in [3.8, 4) is 0 Å². The average Bonchev–Trinajstić information content (AvgIpc) is 2.04. The number of nitrogens with two attached hydrogens (primary N) is 1. The van der Waals surface area contributed by atoms with Gasteiger partial charge in [0.15, 0.2) is 0 Å². The Balaban J connectivity index is 0.00000169. The quantitative estimate of drug-likeness (QED) is 0.250. The fraction of sp³-hybridized carbons (Fsp3) is 0.286. The molecule has 0 amide bonds. The number of hydrogen-bond acceptors (Lipinski definition) is 6.